The van der Waals surface area contributed by atoms with E-state index < -0.39 is 11.6 Å². The van der Waals surface area contributed by atoms with E-state index in [1.165, 1.54) is 18.2 Å². The van der Waals surface area contributed by atoms with Crippen molar-refractivity contribution in [2.75, 3.05) is 6.54 Å². The number of hydrogen-bond donors (Lipinski definition) is 1. The fourth-order valence-corrected chi connectivity index (χ4v) is 3.94. The van der Waals surface area contributed by atoms with Gasteiger partial charge in [-0.3, -0.25) is 9.69 Å². The quantitative estimate of drug-likeness (QED) is 0.833. The van der Waals surface area contributed by atoms with Gasteiger partial charge in [0.1, 0.15) is 17.5 Å². The fraction of sp³-hybridized carbons (Fsp3) is 0.167. The van der Waals surface area contributed by atoms with Crippen LogP contribution in [0.5, 0.6) is 0 Å². The monoisotopic (exact) mass is 401 g/mol. The second-order valence-electron chi connectivity index (χ2n) is 7.66. The van der Waals surface area contributed by atoms with E-state index in [0.717, 1.165) is 30.0 Å². The van der Waals surface area contributed by atoms with Gasteiger partial charge < -0.3 is 5.32 Å². The average molecular weight is 401 g/mol. The number of nitrogens with one attached hydrogen (secondary N) is 1. The largest absolute Gasteiger partial charge is 0.341 e. The minimum absolute atomic E-state index is 0.156. The Morgan fingerprint density at radius 1 is 1.07 bits per heavy atom. The van der Waals surface area contributed by atoms with Crippen LogP contribution in [-0.4, -0.2) is 17.4 Å². The van der Waals surface area contributed by atoms with Crippen molar-refractivity contribution in [2.24, 2.45) is 5.92 Å². The zero-order valence-electron chi connectivity index (χ0n) is 16.0. The van der Waals surface area contributed by atoms with Gasteiger partial charge in [-0.2, -0.15) is 5.26 Å². The number of carbonyl (C=O) groups excluding carboxylic acids is 1. The van der Waals surface area contributed by atoms with Crippen molar-refractivity contribution in [2.45, 2.75) is 12.8 Å². The first-order valence-electron chi connectivity index (χ1n) is 9.74. The standard InChI is InChI=1S/C24H17F2N3O/c25-17-7-8-18(21(26)9-17)19-10-23-28-22(16-3-1-14(12-27)2-4-16)11-24(30)29(23)13-20(19)15-5-6-15/h1-4,7-11,15,28H,5-6,13H2. The molecule has 6 heteroatoms. The molecule has 30 heavy (non-hydrogen) atoms. The first-order chi connectivity index (χ1) is 14.5. The molecule has 0 bridgehead atoms. The molecule has 148 valence electrons. The van der Waals surface area contributed by atoms with E-state index in [2.05, 4.69) is 11.4 Å². The van der Waals surface area contributed by atoms with Gasteiger partial charge >= 0.3 is 0 Å². The minimum Gasteiger partial charge on any atom is -0.341 e. The molecule has 1 fully saturated rings. The molecule has 3 aliphatic rings. The summed E-state index contributed by atoms with van der Waals surface area (Å²) in [5.74, 6) is -0.509. The Balaban J connectivity index is 1.55. The van der Waals surface area contributed by atoms with Crippen LogP contribution >= 0.6 is 0 Å². The van der Waals surface area contributed by atoms with Gasteiger partial charge in [0, 0.05) is 24.3 Å². The lowest BCUT2D eigenvalue weighted by atomic mass is 9.92. The normalized spacial score (nSPS) is 18.3. The molecule has 0 saturated heterocycles. The van der Waals surface area contributed by atoms with E-state index in [-0.39, 0.29) is 5.91 Å². The molecule has 0 unspecified atom stereocenters. The van der Waals surface area contributed by atoms with Gasteiger partial charge in [-0.1, -0.05) is 12.1 Å². The number of nitriles is 1. The SMILES string of the molecule is N#Cc1ccc(C2=CC(=O)N3CC(C4CC4)=C(c4ccc(F)cc4F)C=C3N2)cc1. The summed E-state index contributed by atoms with van der Waals surface area (Å²) in [6.07, 6.45) is 5.33. The zero-order valence-corrected chi connectivity index (χ0v) is 16.0. The fourth-order valence-electron chi connectivity index (χ4n) is 3.94. The van der Waals surface area contributed by atoms with Crippen molar-refractivity contribution in [1.82, 2.24) is 10.2 Å². The lowest BCUT2D eigenvalue weighted by molar-refractivity contribution is -0.124. The van der Waals surface area contributed by atoms with Crippen LogP contribution in [0.15, 0.2) is 66.0 Å². The number of hydrogen-bond acceptors (Lipinski definition) is 3. The highest BCUT2D eigenvalue weighted by Crippen LogP contribution is 2.44. The molecule has 0 aromatic heterocycles. The summed E-state index contributed by atoms with van der Waals surface area (Å²) in [5.41, 5.74) is 3.98. The van der Waals surface area contributed by atoms with E-state index >= 15 is 0 Å². The molecule has 0 atom stereocenters. The molecule has 2 aromatic rings. The summed E-state index contributed by atoms with van der Waals surface area (Å²) in [7, 11) is 0. The molecular formula is C24H17F2N3O. The van der Waals surface area contributed by atoms with Crippen molar-refractivity contribution < 1.29 is 13.6 Å². The molecule has 1 N–H and O–H groups in total. The molecule has 2 aliphatic heterocycles. The predicted octanol–water partition coefficient (Wildman–Crippen LogP) is 4.33. The molecule has 0 radical (unpaired) electrons. The van der Waals surface area contributed by atoms with Crippen LogP contribution in [0.4, 0.5) is 8.78 Å². The highest BCUT2D eigenvalue weighted by atomic mass is 19.1. The first-order valence-corrected chi connectivity index (χ1v) is 9.74. The van der Waals surface area contributed by atoms with E-state index in [0.29, 0.717) is 40.7 Å². The second kappa shape index (κ2) is 6.96. The highest BCUT2D eigenvalue weighted by molar-refractivity contribution is 6.00. The van der Waals surface area contributed by atoms with Crippen molar-refractivity contribution in [3.05, 3.63) is 94.3 Å². The topological polar surface area (TPSA) is 56.1 Å². The lowest BCUT2D eigenvalue weighted by Crippen LogP contribution is -2.42. The summed E-state index contributed by atoms with van der Waals surface area (Å²) >= 11 is 0. The number of carbonyl (C=O) groups is 1. The van der Waals surface area contributed by atoms with Crippen LogP contribution in [0.3, 0.4) is 0 Å². The Labute approximate surface area is 172 Å². The summed E-state index contributed by atoms with van der Waals surface area (Å²) in [6.45, 7) is 0.381. The summed E-state index contributed by atoms with van der Waals surface area (Å²) in [5, 5.41) is 12.2. The van der Waals surface area contributed by atoms with Gasteiger partial charge in [0.2, 0.25) is 0 Å². The van der Waals surface area contributed by atoms with Crippen LogP contribution in [0, 0.1) is 28.9 Å². The Bertz CT molecular complexity index is 1200. The number of halogens is 2. The Kier molecular flexibility index (Phi) is 4.25. The van der Waals surface area contributed by atoms with Gasteiger partial charge in [-0.15, -0.1) is 0 Å². The van der Waals surface area contributed by atoms with Gasteiger partial charge in [0.15, 0.2) is 0 Å². The number of nitrogens with zero attached hydrogens (tertiary/aromatic N) is 2. The van der Waals surface area contributed by atoms with Crippen molar-refractivity contribution in [3.63, 3.8) is 0 Å². The second-order valence-corrected chi connectivity index (χ2v) is 7.66. The van der Waals surface area contributed by atoms with Gasteiger partial charge in [-0.25, -0.2) is 8.78 Å². The van der Waals surface area contributed by atoms with Crippen molar-refractivity contribution in [3.8, 4) is 6.07 Å². The summed E-state index contributed by atoms with van der Waals surface area (Å²) in [6, 6.07) is 12.6. The van der Waals surface area contributed by atoms with E-state index in [4.69, 9.17) is 5.26 Å². The molecule has 0 spiro atoms. The number of allylic oxidation sites excluding steroid dienone is 2. The summed E-state index contributed by atoms with van der Waals surface area (Å²) in [4.78, 5) is 14.5. The zero-order chi connectivity index (χ0) is 20.8. The van der Waals surface area contributed by atoms with Gasteiger partial charge in [0.25, 0.3) is 5.91 Å². The molecule has 1 aliphatic carbocycles. The van der Waals surface area contributed by atoms with E-state index in [9.17, 15) is 13.6 Å². The maximum absolute atomic E-state index is 14.6. The van der Waals surface area contributed by atoms with Crippen LogP contribution < -0.4 is 5.32 Å². The summed E-state index contributed by atoms with van der Waals surface area (Å²) < 4.78 is 28.0. The van der Waals surface area contributed by atoms with E-state index in [1.54, 1.807) is 35.2 Å². The first kappa shape index (κ1) is 18.3. The van der Waals surface area contributed by atoms with Crippen LogP contribution in [0.25, 0.3) is 11.3 Å². The van der Waals surface area contributed by atoms with Gasteiger partial charge in [-0.05, 0) is 65.8 Å². The number of amides is 1. The molecular weight excluding hydrogens is 384 g/mol. The third kappa shape index (κ3) is 3.18. The molecule has 1 saturated carbocycles. The predicted molar refractivity (Wildman–Crippen MR) is 108 cm³/mol. The van der Waals surface area contributed by atoms with Crippen molar-refractivity contribution in [1.29, 1.82) is 5.26 Å². The third-order valence-electron chi connectivity index (χ3n) is 5.66. The van der Waals surface area contributed by atoms with Crippen LogP contribution in [0.1, 0.15) is 29.5 Å². The Morgan fingerprint density at radius 3 is 2.50 bits per heavy atom. The molecule has 2 heterocycles. The lowest BCUT2D eigenvalue weighted by Gasteiger charge is -2.35. The number of fused-ring (bicyclic) bond motifs is 1. The Morgan fingerprint density at radius 2 is 1.83 bits per heavy atom. The maximum atomic E-state index is 14.6. The minimum atomic E-state index is -0.619. The maximum Gasteiger partial charge on any atom is 0.254 e. The average Bonchev–Trinajstić information content (AvgIpc) is 3.58. The third-order valence-corrected chi connectivity index (χ3v) is 5.66. The molecule has 4 nitrogen and oxygen atoms in total. The number of benzene rings is 2. The molecule has 2 aromatic carbocycles. The van der Waals surface area contributed by atoms with E-state index in [1.807, 2.05) is 0 Å². The highest BCUT2D eigenvalue weighted by Gasteiger charge is 2.36. The van der Waals surface area contributed by atoms with Crippen molar-refractivity contribution >= 4 is 17.2 Å². The Hall–Kier alpha value is -3.72. The molecule has 1 amide bonds. The smallest absolute Gasteiger partial charge is 0.254 e. The van der Waals surface area contributed by atoms with Crippen LogP contribution in [-0.2, 0) is 4.79 Å². The van der Waals surface area contributed by atoms with Crippen LogP contribution in [0.2, 0.25) is 0 Å². The van der Waals surface area contributed by atoms with Gasteiger partial charge in [0.05, 0.1) is 17.3 Å². The number of rotatable bonds is 3. The molecule has 5 rings (SSSR count).